The summed E-state index contributed by atoms with van der Waals surface area (Å²) in [5.74, 6) is -0.770. The molecule has 0 aromatic carbocycles. The first-order valence-electron chi connectivity index (χ1n) is 13.0. The van der Waals surface area contributed by atoms with Crippen LogP contribution in [-0.2, 0) is 9.59 Å². The molecule has 0 fully saturated rings. The molecule has 0 amide bonds. The van der Waals surface area contributed by atoms with Crippen LogP contribution in [0.1, 0.15) is 117 Å². The van der Waals surface area contributed by atoms with E-state index in [0.717, 1.165) is 24.8 Å². The van der Waals surface area contributed by atoms with Gasteiger partial charge in [0.1, 0.15) is 0 Å². The molecule has 0 aliphatic carbocycles. The molecule has 7 heteroatoms. The van der Waals surface area contributed by atoms with Gasteiger partial charge in [0.25, 0.3) is 0 Å². The van der Waals surface area contributed by atoms with Gasteiger partial charge in [-0.25, -0.2) is 4.79 Å². The summed E-state index contributed by atoms with van der Waals surface area (Å²) in [4.78, 5) is 19.6. The Bertz CT molecular complexity index is 442. The molecule has 5 N–H and O–H groups in total. The van der Waals surface area contributed by atoms with Crippen LogP contribution >= 0.6 is 0 Å². The Kier molecular flexibility index (Phi) is 30.3. The number of carboxylic acids is 2. The molecule has 0 atom stereocenters. The summed E-state index contributed by atoms with van der Waals surface area (Å²) in [6.45, 7) is 8.93. The molecular weight excluding hydrogens is 436 g/mol. The molecular formula is C27H54O7. The number of aliphatic carboxylic acids is 2. The summed E-state index contributed by atoms with van der Waals surface area (Å²) in [6, 6.07) is 0. The highest BCUT2D eigenvalue weighted by molar-refractivity contribution is 5.78. The first-order chi connectivity index (χ1) is 16.1. The molecule has 0 rings (SSSR count). The van der Waals surface area contributed by atoms with Crippen LogP contribution in [0.25, 0.3) is 0 Å². The van der Waals surface area contributed by atoms with Gasteiger partial charge in [0.2, 0.25) is 0 Å². The second kappa shape index (κ2) is 27.8. The molecule has 34 heavy (non-hydrogen) atoms. The maximum absolute atomic E-state index is 10.3. The average Bonchev–Trinajstić information content (AvgIpc) is 2.81. The van der Waals surface area contributed by atoms with Crippen LogP contribution in [0, 0.1) is 11.3 Å². The highest BCUT2D eigenvalue weighted by atomic mass is 16.4. The van der Waals surface area contributed by atoms with Gasteiger partial charge in [-0.05, 0) is 18.8 Å². The Morgan fingerprint density at radius 1 is 0.735 bits per heavy atom. The third-order valence-corrected chi connectivity index (χ3v) is 5.85. The maximum Gasteiger partial charge on any atom is 0.327 e. The van der Waals surface area contributed by atoms with Crippen molar-refractivity contribution >= 4 is 11.9 Å². The minimum atomic E-state index is -0.981. The van der Waals surface area contributed by atoms with Crippen molar-refractivity contribution < 1.29 is 35.1 Å². The molecule has 0 heterocycles. The van der Waals surface area contributed by atoms with Gasteiger partial charge in [-0.2, -0.15) is 0 Å². The van der Waals surface area contributed by atoms with Crippen molar-refractivity contribution in [1.29, 1.82) is 0 Å². The summed E-state index contributed by atoms with van der Waals surface area (Å²) >= 11 is 0. The zero-order valence-corrected chi connectivity index (χ0v) is 22.1. The van der Waals surface area contributed by atoms with Crippen LogP contribution in [0.2, 0.25) is 0 Å². The second-order valence-corrected chi connectivity index (χ2v) is 9.44. The first-order valence-corrected chi connectivity index (χ1v) is 13.0. The average molecular weight is 491 g/mol. The summed E-state index contributed by atoms with van der Waals surface area (Å²) in [5, 5.41) is 42.1. The molecule has 0 aliphatic heterocycles. The van der Waals surface area contributed by atoms with E-state index >= 15 is 0 Å². The lowest BCUT2D eigenvalue weighted by Gasteiger charge is -2.24. The normalized spacial score (nSPS) is 10.7. The number of carboxylic acid groups (broad SMARTS) is 2. The van der Waals surface area contributed by atoms with E-state index in [-0.39, 0.29) is 19.8 Å². The largest absolute Gasteiger partial charge is 0.481 e. The Balaban J connectivity index is -0.000000563. The minimum Gasteiger partial charge on any atom is -0.481 e. The molecule has 0 aromatic rings. The van der Waals surface area contributed by atoms with E-state index < -0.39 is 17.4 Å². The number of carbonyl (C=O) groups is 2. The van der Waals surface area contributed by atoms with E-state index in [1.165, 1.54) is 70.6 Å². The highest BCUT2D eigenvalue weighted by Gasteiger charge is 2.24. The molecule has 0 radical (unpaired) electrons. The van der Waals surface area contributed by atoms with Crippen molar-refractivity contribution in [2.45, 2.75) is 117 Å². The number of hydrogen-bond donors (Lipinski definition) is 5. The summed E-state index contributed by atoms with van der Waals surface area (Å²) in [7, 11) is 0. The Labute approximate surface area is 208 Å². The molecule has 0 aromatic heterocycles. The maximum atomic E-state index is 10.3. The van der Waals surface area contributed by atoms with Crippen LogP contribution in [0.4, 0.5) is 0 Å². The lowest BCUT2D eigenvalue weighted by molar-refractivity contribution is -0.137. The fourth-order valence-corrected chi connectivity index (χ4v) is 3.08. The van der Waals surface area contributed by atoms with Gasteiger partial charge in [0.15, 0.2) is 0 Å². The van der Waals surface area contributed by atoms with E-state index in [4.69, 9.17) is 25.5 Å². The molecule has 0 spiro atoms. The van der Waals surface area contributed by atoms with E-state index in [9.17, 15) is 9.59 Å². The van der Waals surface area contributed by atoms with E-state index in [1.807, 2.05) is 6.92 Å². The van der Waals surface area contributed by atoms with Gasteiger partial charge in [-0.3, -0.25) is 4.79 Å². The first kappa shape index (κ1) is 37.1. The zero-order chi connectivity index (χ0) is 26.7. The lowest BCUT2D eigenvalue weighted by Crippen LogP contribution is -2.32. The predicted molar refractivity (Wildman–Crippen MR) is 139 cm³/mol. The molecule has 0 unspecified atom stereocenters. The van der Waals surface area contributed by atoms with Gasteiger partial charge in [0.05, 0.1) is 19.8 Å². The Hall–Kier alpha value is -1.44. The molecule has 0 saturated heterocycles. The highest BCUT2D eigenvalue weighted by Crippen LogP contribution is 2.18. The monoisotopic (exact) mass is 490 g/mol. The fraction of sp³-hybridized carbons (Fsp3) is 0.852. The van der Waals surface area contributed by atoms with Crippen LogP contribution in [0.3, 0.4) is 0 Å². The van der Waals surface area contributed by atoms with Crippen LogP contribution in [-0.4, -0.2) is 57.3 Å². The number of aliphatic hydroxyl groups is 3. The van der Waals surface area contributed by atoms with Crippen molar-refractivity contribution in [3.8, 4) is 0 Å². The second-order valence-electron chi connectivity index (χ2n) is 9.44. The van der Waals surface area contributed by atoms with Crippen LogP contribution < -0.4 is 0 Å². The van der Waals surface area contributed by atoms with Crippen LogP contribution in [0.15, 0.2) is 12.7 Å². The fourth-order valence-electron chi connectivity index (χ4n) is 3.08. The zero-order valence-electron chi connectivity index (χ0n) is 22.1. The van der Waals surface area contributed by atoms with Gasteiger partial charge in [-0.1, -0.05) is 104 Å². The topological polar surface area (TPSA) is 135 Å². The van der Waals surface area contributed by atoms with Gasteiger partial charge >= 0.3 is 11.9 Å². The van der Waals surface area contributed by atoms with Crippen molar-refractivity contribution in [2.24, 2.45) is 11.3 Å². The number of aliphatic hydroxyl groups excluding tert-OH is 3. The van der Waals surface area contributed by atoms with Crippen LogP contribution in [0.5, 0.6) is 0 Å². The van der Waals surface area contributed by atoms with Gasteiger partial charge in [0, 0.05) is 17.9 Å². The van der Waals surface area contributed by atoms with E-state index in [2.05, 4.69) is 20.4 Å². The standard InChI is InChI=1S/C18H36O2.C6H14O3.C3H4O2/c1-17(2)15-13-11-9-7-5-3-4-6-8-10-12-14-16-18(19)20;1-2-6(3-7,4-8)5-9;1-2-3(4)5/h17H,3-16H2,1-2H3,(H,19,20);7-9H,2-5H2,1H3;2H,1H2,(H,4,5). The summed E-state index contributed by atoms with van der Waals surface area (Å²) in [6.07, 6.45) is 18.7. The molecule has 0 saturated carbocycles. The van der Waals surface area contributed by atoms with Crippen molar-refractivity contribution in [1.82, 2.24) is 0 Å². The number of rotatable bonds is 20. The summed E-state index contributed by atoms with van der Waals surface area (Å²) < 4.78 is 0. The third kappa shape index (κ3) is 30.6. The number of unbranched alkanes of at least 4 members (excludes halogenated alkanes) is 11. The predicted octanol–water partition coefficient (Wildman–Crippen LogP) is 5.81. The lowest BCUT2D eigenvalue weighted by atomic mass is 9.88. The molecule has 0 bridgehead atoms. The van der Waals surface area contributed by atoms with Crippen molar-refractivity contribution in [3.05, 3.63) is 12.7 Å². The minimum absolute atomic E-state index is 0.156. The summed E-state index contributed by atoms with van der Waals surface area (Å²) in [5.41, 5.74) is -0.667. The molecule has 7 nitrogen and oxygen atoms in total. The number of hydrogen-bond acceptors (Lipinski definition) is 5. The van der Waals surface area contributed by atoms with E-state index in [1.54, 1.807) is 0 Å². The van der Waals surface area contributed by atoms with Gasteiger partial charge in [-0.15, -0.1) is 0 Å². The SMILES string of the molecule is C=CC(=O)O.CC(C)CCCCCCCCCCCCCCC(=O)O.CCC(CO)(CO)CO. The van der Waals surface area contributed by atoms with Gasteiger partial charge < -0.3 is 25.5 Å². The smallest absolute Gasteiger partial charge is 0.327 e. The Morgan fingerprint density at radius 3 is 1.26 bits per heavy atom. The third-order valence-electron chi connectivity index (χ3n) is 5.85. The Morgan fingerprint density at radius 2 is 1.06 bits per heavy atom. The molecule has 204 valence electrons. The molecule has 0 aliphatic rings. The quantitative estimate of drug-likeness (QED) is 0.107. The van der Waals surface area contributed by atoms with E-state index in [0.29, 0.717) is 12.8 Å². The van der Waals surface area contributed by atoms with Crippen molar-refractivity contribution in [3.63, 3.8) is 0 Å². The van der Waals surface area contributed by atoms with Crippen molar-refractivity contribution in [2.75, 3.05) is 19.8 Å².